The van der Waals surface area contributed by atoms with Gasteiger partial charge in [0.25, 0.3) is 11.8 Å². The highest BCUT2D eigenvalue weighted by atomic mass is 16.4. The second-order valence-electron chi connectivity index (χ2n) is 12.1. The molecule has 6 rings (SSSR count). The summed E-state index contributed by atoms with van der Waals surface area (Å²) in [6.45, 7) is 0. The number of allylic oxidation sites excluding steroid dienone is 1. The minimum atomic E-state index is -2.70. The van der Waals surface area contributed by atoms with E-state index in [2.05, 4.69) is 4.98 Å². The number of ketones is 2. The summed E-state index contributed by atoms with van der Waals surface area (Å²) in [6.07, 6.45) is 0.262. The standard InChI is InChI=1S/C31H32N4O10/c1-34(2)17-11-16-26(45-30(33-16)18-7-5-13(44-18)6-8-19(36)37)21-14(17)9-12-10-15-23(35(3)4)25(39)22(29(32)42)28(41)31(15,43)27(40)20(12)24(21)38/h5,7,11-12,15,23,39-40,43H,6,8-10H2,1-4H3,(H2,32,42)(H,36,37)/t12-,15-,23-,31-/m0/s1. The van der Waals surface area contributed by atoms with Crippen LogP contribution in [0.25, 0.3) is 22.8 Å². The first-order valence-corrected chi connectivity index (χ1v) is 14.3. The van der Waals surface area contributed by atoms with Crippen LogP contribution in [0.5, 0.6) is 0 Å². The predicted octanol–water partition coefficient (Wildman–Crippen LogP) is 1.90. The number of aromatic nitrogens is 1. The third-order valence-corrected chi connectivity index (χ3v) is 9.02. The van der Waals surface area contributed by atoms with Crippen molar-refractivity contribution in [2.24, 2.45) is 17.6 Å². The molecule has 3 aliphatic carbocycles. The number of amides is 1. The molecule has 3 aliphatic rings. The molecule has 14 heteroatoms. The fourth-order valence-corrected chi connectivity index (χ4v) is 7.05. The Hall–Kier alpha value is -4.95. The number of likely N-dealkylation sites (N-methyl/N-ethyl adjacent to an activating group) is 1. The highest BCUT2D eigenvalue weighted by molar-refractivity contribution is 6.25. The van der Waals surface area contributed by atoms with E-state index in [9.17, 15) is 34.5 Å². The van der Waals surface area contributed by atoms with E-state index in [4.69, 9.17) is 19.7 Å². The molecule has 3 aromatic rings. The average molecular weight is 621 g/mol. The van der Waals surface area contributed by atoms with Gasteiger partial charge in [-0.25, -0.2) is 4.98 Å². The molecule has 236 valence electrons. The molecule has 45 heavy (non-hydrogen) atoms. The minimum absolute atomic E-state index is 0.0177. The summed E-state index contributed by atoms with van der Waals surface area (Å²) in [5, 5.41) is 43.5. The summed E-state index contributed by atoms with van der Waals surface area (Å²) in [6, 6.07) is 3.90. The minimum Gasteiger partial charge on any atom is -0.510 e. The first kappa shape index (κ1) is 30.1. The zero-order valence-electron chi connectivity index (χ0n) is 24.9. The Bertz CT molecular complexity index is 1880. The monoisotopic (exact) mass is 620 g/mol. The average Bonchev–Trinajstić information content (AvgIpc) is 3.60. The van der Waals surface area contributed by atoms with Crippen molar-refractivity contribution >= 4 is 40.2 Å². The van der Waals surface area contributed by atoms with Crippen LogP contribution in [0.3, 0.4) is 0 Å². The van der Waals surface area contributed by atoms with Crippen molar-refractivity contribution in [3.05, 3.63) is 57.8 Å². The fourth-order valence-electron chi connectivity index (χ4n) is 7.05. The molecule has 1 aromatic carbocycles. The lowest BCUT2D eigenvalue weighted by Crippen LogP contribution is -2.63. The number of oxazole rings is 1. The van der Waals surface area contributed by atoms with Gasteiger partial charge in [0.1, 0.15) is 28.4 Å². The van der Waals surface area contributed by atoms with Gasteiger partial charge in [-0.1, -0.05) is 0 Å². The fraction of sp³-hybridized carbons (Fsp3) is 0.387. The topological polar surface area (TPSA) is 221 Å². The first-order chi connectivity index (χ1) is 21.2. The maximum absolute atomic E-state index is 14.4. The first-order valence-electron chi connectivity index (χ1n) is 14.3. The molecule has 0 radical (unpaired) electrons. The molecule has 0 spiro atoms. The number of benzene rings is 1. The number of nitrogens with two attached hydrogens (primary N) is 1. The van der Waals surface area contributed by atoms with Crippen molar-refractivity contribution in [1.82, 2.24) is 9.88 Å². The van der Waals surface area contributed by atoms with Crippen LogP contribution in [0.2, 0.25) is 0 Å². The van der Waals surface area contributed by atoms with Crippen molar-refractivity contribution in [2.75, 3.05) is 33.1 Å². The second kappa shape index (κ2) is 10.3. The number of Topliss-reactive ketones (excluding diaryl/α,β-unsaturated/α-hetero) is 2. The van der Waals surface area contributed by atoms with Crippen LogP contribution in [0.15, 0.2) is 49.7 Å². The van der Waals surface area contributed by atoms with E-state index in [-0.39, 0.29) is 54.1 Å². The van der Waals surface area contributed by atoms with E-state index >= 15 is 0 Å². The maximum atomic E-state index is 14.4. The highest BCUT2D eigenvalue weighted by Gasteiger charge is 2.63. The van der Waals surface area contributed by atoms with E-state index in [1.54, 1.807) is 46.4 Å². The number of hydrogen-bond acceptors (Lipinski definition) is 12. The van der Waals surface area contributed by atoms with Gasteiger partial charge in [0, 0.05) is 37.7 Å². The SMILES string of the molecule is CN(C)c1cc2nc(-c3ccc(CCC(=O)O)o3)oc2c2c1C[C@H]1C[C@H]3[C@H](N(C)C)C(O)=C(C(N)=O)C(=O)[C@@]3(O)C(O)=C1C2=O. The Balaban J connectivity index is 1.52. The van der Waals surface area contributed by atoms with Gasteiger partial charge in [0.05, 0.1) is 18.0 Å². The molecule has 6 N–H and O–H groups in total. The molecule has 4 atom stereocenters. The molecule has 1 amide bonds. The number of anilines is 1. The van der Waals surface area contributed by atoms with Gasteiger partial charge in [-0.2, -0.15) is 0 Å². The van der Waals surface area contributed by atoms with E-state index < -0.39 is 64.0 Å². The second-order valence-corrected chi connectivity index (χ2v) is 12.1. The summed E-state index contributed by atoms with van der Waals surface area (Å²) < 4.78 is 11.8. The van der Waals surface area contributed by atoms with E-state index in [1.807, 2.05) is 4.90 Å². The molecule has 2 aromatic heterocycles. The van der Waals surface area contributed by atoms with Crippen LogP contribution in [0.1, 0.15) is 34.5 Å². The maximum Gasteiger partial charge on any atom is 0.303 e. The number of nitrogens with zero attached hydrogens (tertiary/aromatic N) is 3. The zero-order chi connectivity index (χ0) is 32.7. The number of rotatable bonds is 7. The molecule has 0 saturated heterocycles. The number of fused-ring (bicyclic) bond motifs is 5. The van der Waals surface area contributed by atoms with Gasteiger partial charge in [-0.3, -0.25) is 24.1 Å². The number of aliphatic hydroxyl groups is 3. The van der Waals surface area contributed by atoms with Gasteiger partial charge >= 0.3 is 5.97 Å². The lowest BCUT2D eigenvalue weighted by atomic mass is 9.58. The zero-order valence-corrected chi connectivity index (χ0v) is 24.9. The summed E-state index contributed by atoms with van der Waals surface area (Å²) >= 11 is 0. The van der Waals surface area contributed by atoms with E-state index in [0.717, 1.165) is 0 Å². The van der Waals surface area contributed by atoms with Crippen molar-refractivity contribution in [3.8, 4) is 11.7 Å². The number of carbonyl (C=O) groups is 4. The van der Waals surface area contributed by atoms with Crippen LogP contribution in [-0.4, -0.2) is 93.6 Å². The third kappa shape index (κ3) is 4.35. The van der Waals surface area contributed by atoms with Gasteiger partial charge < -0.3 is 39.9 Å². The number of carbonyl (C=O) groups excluding carboxylic acids is 3. The molecular weight excluding hydrogens is 588 g/mol. The van der Waals surface area contributed by atoms with Gasteiger partial charge in [0.15, 0.2) is 22.7 Å². The number of aliphatic hydroxyl groups excluding tert-OH is 2. The quantitative estimate of drug-likeness (QED) is 0.239. The Labute approximate surface area is 256 Å². The Morgan fingerprint density at radius 2 is 1.84 bits per heavy atom. The predicted molar refractivity (Wildman–Crippen MR) is 158 cm³/mol. The number of hydrogen-bond donors (Lipinski definition) is 5. The van der Waals surface area contributed by atoms with Crippen molar-refractivity contribution in [1.29, 1.82) is 0 Å². The van der Waals surface area contributed by atoms with Crippen LogP contribution in [0, 0.1) is 11.8 Å². The summed E-state index contributed by atoms with van der Waals surface area (Å²) in [7, 11) is 6.77. The van der Waals surface area contributed by atoms with Crippen molar-refractivity contribution < 1.29 is 48.4 Å². The highest BCUT2D eigenvalue weighted by Crippen LogP contribution is 2.53. The Morgan fingerprint density at radius 3 is 2.47 bits per heavy atom. The van der Waals surface area contributed by atoms with Crippen molar-refractivity contribution in [3.63, 3.8) is 0 Å². The summed E-state index contributed by atoms with van der Waals surface area (Å²) in [5.41, 5.74) is 3.46. The Morgan fingerprint density at radius 1 is 1.13 bits per heavy atom. The van der Waals surface area contributed by atoms with Gasteiger partial charge in [0.2, 0.25) is 5.78 Å². The van der Waals surface area contributed by atoms with Crippen molar-refractivity contribution in [2.45, 2.75) is 37.3 Å². The lowest BCUT2D eigenvalue weighted by Gasteiger charge is -2.50. The van der Waals surface area contributed by atoms with E-state index in [1.165, 1.54) is 4.90 Å². The lowest BCUT2D eigenvalue weighted by molar-refractivity contribution is -0.148. The van der Waals surface area contributed by atoms with Crippen LogP contribution >= 0.6 is 0 Å². The molecule has 14 nitrogen and oxygen atoms in total. The van der Waals surface area contributed by atoms with Crippen LogP contribution < -0.4 is 10.6 Å². The summed E-state index contributed by atoms with van der Waals surface area (Å²) in [5.74, 6) is -6.78. The number of aryl methyl sites for hydroxylation is 1. The van der Waals surface area contributed by atoms with Crippen LogP contribution in [0.4, 0.5) is 5.69 Å². The number of carboxylic acids is 1. The number of carboxylic acid groups (broad SMARTS) is 1. The Kier molecular flexibility index (Phi) is 6.89. The normalized spacial score (nSPS) is 24.6. The number of furan rings is 1. The van der Waals surface area contributed by atoms with Crippen LogP contribution in [-0.2, 0) is 27.2 Å². The molecule has 0 bridgehead atoms. The molecule has 0 aliphatic heterocycles. The summed E-state index contributed by atoms with van der Waals surface area (Å²) in [4.78, 5) is 59.0. The molecule has 0 fully saturated rings. The molecule has 0 saturated carbocycles. The third-order valence-electron chi connectivity index (χ3n) is 9.02. The van der Waals surface area contributed by atoms with Gasteiger partial charge in [-0.05, 0) is 56.6 Å². The molecular formula is C31H32N4O10. The smallest absolute Gasteiger partial charge is 0.303 e. The van der Waals surface area contributed by atoms with E-state index in [0.29, 0.717) is 22.5 Å². The van der Waals surface area contributed by atoms with Gasteiger partial charge in [-0.15, -0.1) is 0 Å². The molecule has 0 unspecified atom stereocenters. The molecule has 2 heterocycles. The number of primary amides is 1. The largest absolute Gasteiger partial charge is 0.510 e. The number of aliphatic carboxylic acids is 1.